The molecule has 1 heterocycles. The summed E-state index contributed by atoms with van der Waals surface area (Å²) in [5, 5.41) is 15.3. The number of carbonyl (C=O) groups is 1. The van der Waals surface area contributed by atoms with Crippen molar-refractivity contribution >= 4 is 28.1 Å². The summed E-state index contributed by atoms with van der Waals surface area (Å²) in [5.74, 6) is -0.0909. The molecule has 0 spiro atoms. The summed E-state index contributed by atoms with van der Waals surface area (Å²) in [7, 11) is 0. The molecule has 21 heavy (non-hydrogen) atoms. The highest BCUT2D eigenvalue weighted by atomic mass is 32.1. The minimum atomic E-state index is -0.295. The van der Waals surface area contributed by atoms with Gasteiger partial charge in [0.2, 0.25) is 11.0 Å². The molecule has 2 rings (SSSR count). The molecule has 1 aromatic carbocycles. The average Bonchev–Trinajstić information content (AvgIpc) is 2.85. The molecule has 0 saturated carbocycles. The molecule has 112 valence electrons. The van der Waals surface area contributed by atoms with E-state index in [-0.39, 0.29) is 11.9 Å². The highest BCUT2D eigenvalue weighted by Crippen LogP contribution is 2.18. The highest BCUT2D eigenvalue weighted by Gasteiger charge is 2.18. The van der Waals surface area contributed by atoms with Gasteiger partial charge in [-0.25, -0.2) is 0 Å². The van der Waals surface area contributed by atoms with E-state index >= 15 is 0 Å². The molecule has 1 amide bonds. The third kappa shape index (κ3) is 4.01. The van der Waals surface area contributed by atoms with Crippen molar-refractivity contribution < 1.29 is 4.79 Å². The summed E-state index contributed by atoms with van der Waals surface area (Å²) in [6.07, 6.45) is 0.691. The Hall–Kier alpha value is -1.95. The van der Waals surface area contributed by atoms with Crippen molar-refractivity contribution in [3.8, 4) is 0 Å². The van der Waals surface area contributed by atoms with Crippen molar-refractivity contribution in [3.63, 3.8) is 0 Å². The fourth-order valence-electron chi connectivity index (χ4n) is 1.92. The molecule has 0 unspecified atom stereocenters. The van der Waals surface area contributed by atoms with Crippen LogP contribution in [0.2, 0.25) is 0 Å². The second-order valence-corrected chi connectivity index (χ2v) is 6.20. The number of aryl methyl sites for hydroxylation is 3. The van der Waals surface area contributed by atoms with Crippen LogP contribution >= 0.6 is 11.3 Å². The second-order valence-electron chi connectivity index (χ2n) is 5.02. The van der Waals surface area contributed by atoms with Gasteiger partial charge in [-0.1, -0.05) is 24.3 Å². The summed E-state index contributed by atoms with van der Waals surface area (Å²) >= 11 is 1.37. The van der Waals surface area contributed by atoms with Crippen molar-refractivity contribution in [2.75, 3.05) is 10.6 Å². The molecule has 0 bridgehead atoms. The van der Waals surface area contributed by atoms with Crippen LogP contribution in [-0.2, 0) is 4.79 Å². The lowest BCUT2D eigenvalue weighted by Gasteiger charge is -2.17. The molecule has 0 fully saturated rings. The van der Waals surface area contributed by atoms with Gasteiger partial charge in [-0.3, -0.25) is 10.1 Å². The fraction of sp³-hybridized carbons (Fsp3) is 0.400. The van der Waals surface area contributed by atoms with Crippen LogP contribution < -0.4 is 10.6 Å². The lowest BCUT2D eigenvalue weighted by Crippen LogP contribution is -2.34. The Morgan fingerprint density at radius 1 is 1.24 bits per heavy atom. The summed E-state index contributed by atoms with van der Waals surface area (Å²) in [6.45, 7) is 7.97. The van der Waals surface area contributed by atoms with Gasteiger partial charge in [-0.15, -0.1) is 10.2 Å². The van der Waals surface area contributed by atoms with Gasteiger partial charge in [0.1, 0.15) is 11.0 Å². The van der Waals surface area contributed by atoms with Crippen molar-refractivity contribution in [1.82, 2.24) is 10.2 Å². The monoisotopic (exact) mass is 304 g/mol. The first kappa shape index (κ1) is 15.4. The van der Waals surface area contributed by atoms with Gasteiger partial charge in [0, 0.05) is 5.69 Å². The van der Waals surface area contributed by atoms with Crippen LogP contribution in [0.1, 0.15) is 29.5 Å². The maximum atomic E-state index is 12.3. The van der Waals surface area contributed by atoms with Gasteiger partial charge < -0.3 is 5.32 Å². The number of hydrogen-bond acceptors (Lipinski definition) is 5. The number of anilines is 2. The smallest absolute Gasteiger partial charge is 0.248 e. The Morgan fingerprint density at radius 3 is 2.57 bits per heavy atom. The number of carbonyl (C=O) groups excluding carboxylic acids is 1. The first-order valence-electron chi connectivity index (χ1n) is 6.94. The summed E-state index contributed by atoms with van der Waals surface area (Å²) < 4.78 is 0. The quantitative estimate of drug-likeness (QED) is 0.889. The maximum Gasteiger partial charge on any atom is 0.248 e. The van der Waals surface area contributed by atoms with Gasteiger partial charge in [0.25, 0.3) is 0 Å². The molecule has 5 nitrogen and oxygen atoms in total. The molecular weight excluding hydrogens is 284 g/mol. The average molecular weight is 304 g/mol. The number of benzene rings is 1. The van der Waals surface area contributed by atoms with Crippen molar-refractivity contribution in [2.24, 2.45) is 0 Å². The van der Waals surface area contributed by atoms with Crippen molar-refractivity contribution in [1.29, 1.82) is 0 Å². The number of nitrogens with one attached hydrogen (secondary N) is 2. The number of hydrogen-bond donors (Lipinski definition) is 2. The third-order valence-electron chi connectivity index (χ3n) is 3.33. The van der Waals surface area contributed by atoms with E-state index in [9.17, 15) is 4.79 Å². The number of amides is 1. The van der Waals surface area contributed by atoms with E-state index < -0.39 is 0 Å². The largest absolute Gasteiger partial charge is 0.374 e. The standard InChI is InChI=1S/C15H20N4OS/c1-5-13(14(20)17-15-19-18-11(4)21-15)16-12-7-6-9(2)10(3)8-12/h6-8,13,16H,5H2,1-4H3,(H,17,19,20)/t13-/m1/s1. The molecule has 2 aromatic rings. The maximum absolute atomic E-state index is 12.3. The molecule has 2 N–H and O–H groups in total. The van der Waals surface area contributed by atoms with E-state index in [0.717, 1.165) is 10.7 Å². The van der Waals surface area contributed by atoms with E-state index in [0.29, 0.717) is 11.6 Å². The van der Waals surface area contributed by atoms with E-state index in [1.807, 2.05) is 19.9 Å². The zero-order valence-corrected chi connectivity index (χ0v) is 13.5. The Labute approximate surface area is 128 Å². The van der Waals surface area contributed by atoms with E-state index in [1.165, 1.54) is 22.5 Å². The predicted octanol–water partition coefficient (Wildman–Crippen LogP) is 3.29. The van der Waals surface area contributed by atoms with Gasteiger partial charge in [0.05, 0.1) is 0 Å². The summed E-state index contributed by atoms with van der Waals surface area (Å²) in [4.78, 5) is 12.3. The third-order valence-corrected chi connectivity index (χ3v) is 4.08. The molecule has 0 saturated heterocycles. The number of rotatable bonds is 5. The van der Waals surface area contributed by atoms with Crippen LogP contribution in [0.3, 0.4) is 0 Å². The Morgan fingerprint density at radius 2 is 2.00 bits per heavy atom. The van der Waals surface area contributed by atoms with Crippen LogP contribution in [0.4, 0.5) is 10.8 Å². The van der Waals surface area contributed by atoms with Crippen LogP contribution in [0, 0.1) is 20.8 Å². The molecular formula is C15H20N4OS. The second kappa shape index (κ2) is 6.67. The van der Waals surface area contributed by atoms with Crippen LogP contribution in [0.5, 0.6) is 0 Å². The first-order chi connectivity index (χ1) is 9.99. The van der Waals surface area contributed by atoms with E-state index in [1.54, 1.807) is 0 Å². The zero-order chi connectivity index (χ0) is 15.4. The predicted molar refractivity (Wildman–Crippen MR) is 86.9 cm³/mol. The molecule has 0 radical (unpaired) electrons. The molecule has 0 aliphatic heterocycles. The van der Waals surface area contributed by atoms with Gasteiger partial charge in [-0.05, 0) is 50.5 Å². The van der Waals surface area contributed by atoms with Gasteiger partial charge >= 0.3 is 0 Å². The number of nitrogens with zero attached hydrogens (tertiary/aromatic N) is 2. The molecule has 1 aromatic heterocycles. The zero-order valence-electron chi connectivity index (χ0n) is 12.7. The first-order valence-corrected chi connectivity index (χ1v) is 7.76. The minimum absolute atomic E-state index is 0.0909. The van der Waals surface area contributed by atoms with Crippen LogP contribution in [-0.4, -0.2) is 22.1 Å². The highest BCUT2D eigenvalue weighted by molar-refractivity contribution is 7.15. The minimum Gasteiger partial charge on any atom is -0.374 e. The van der Waals surface area contributed by atoms with Gasteiger partial charge in [-0.2, -0.15) is 0 Å². The molecule has 0 aliphatic carbocycles. The van der Waals surface area contributed by atoms with Crippen molar-refractivity contribution in [3.05, 3.63) is 34.3 Å². The number of aromatic nitrogens is 2. The Bertz CT molecular complexity index is 638. The fourth-order valence-corrected chi connectivity index (χ4v) is 2.52. The van der Waals surface area contributed by atoms with Crippen LogP contribution in [0.25, 0.3) is 0 Å². The van der Waals surface area contributed by atoms with E-state index in [2.05, 4.69) is 46.8 Å². The summed E-state index contributed by atoms with van der Waals surface area (Å²) in [6, 6.07) is 5.81. The molecule has 0 aliphatic rings. The molecule has 6 heteroatoms. The topological polar surface area (TPSA) is 66.9 Å². The molecule has 1 atom stereocenters. The van der Waals surface area contributed by atoms with E-state index in [4.69, 9.17) is 0 Å². The normalized spacial score (nSPS) is 12.0. The summed E-state index contributed by atoms with van der Waals surface area (Å²) in [5.41, 5.74) is 3.39. The van der Waals surface area contributed by atoms with Crippen molar-refractivity contribution in [2.45, 2.75) is 40.2 Å². The Kier molecular flexibility index (Phi) is 4.90. The Balaban J connectivity index is 2.04. The van der Waals surface area contributed by atoms with Gasteiger partial charge in [0.15, 0.2) is 0 Å². The SMILES string of the molecule is CC[C@@H](Nc1ccc(C)c(C)c1)C(=O)Nc1nnc(C)s1. The lowest BCUT2D eigenvalue weighted by atomic mass is 10.1. The van der Waals surface area contributed by atoms with Crippen LogP contribution in [0.15, 0.2) is 18.2 Å². The lowest BCUT2D eigenvalue weighted by molar-refractivity contribution is -0.117.